The number of nitrogens with zero attached hydrogens (tertiary/aromatic N) is 1. The van der Waals surface area contributed by atoms with E-state index in [4.69, 9.17) is 0 Å². The van der Waals surface area contributed by atoms with Crippen LogP contribution < -0.4 is 10.6 Å². The number of anilines is 1. The lowest BCUT2D eigenvalue weighted by Gasteiger charge is -2.26. The topological polar surface area (TPSA) is 74.2 Å². The molecule has 2 fully saturated rings. The summed E-state index contributed by atoms with van der Waals surface area (Å²) >= 11 is 0. The van der Waals surface area contributed by atoms with Gasteiger partial charge in [0.1, 0.15) is 17.5 Å². The highest BCUT2D eigenvalue weighted by atomic mass is 19.1. The molecule has 29 heavy (non-hydrogen) atoms. The van der Waals surface area contributed by atoms with Crippen molar-refractivity contribution < 1.29 is 18.7 Å². The summed E-state index contributed by atoms with van der Waals surface area (Å²) in [5.74, 6) is -0.501. The molecule has 0 aliphatic heterocycles. The molecule has 2 aromatic rings. The molecular weight excluding hydrogens is 376 g/mol. The fourth-order valence-electron chi connectivity index (χ4n) is 3.59. The van der Waals surface area contributed by atoms with Crippen LogP contribution in [0.5, 0.6) is 0 Å². The smallest absolute Gasteiger partial charge is 0.223 e. The molecule has 2 saturated carbocycles. The van der Waals surface area contributed by atoms with Gasteiger partial charge in [0.05, 0.1) is 23.3 Å². The maximum atomic E-state index is 14.0. The van der Waals surface area contributed by atoms with E-state index in [1.807, 2.05) is 18.2 Å². The summed E-state index contributed by atoms with van der Waals surface area (Å²) in [6, 6.07) is 8.64. The number of nitrogens with one attached hydrogen (secondary N) is 2. The third-order valence-electron chi connectivity index (χ3n) is 5.65. The predicted octanol–water partition coefficient (Wildman–Crippen LogP) is 3.58. The van der Waals surface area contributed by atoms with Gasteiger partial charge in [-0.25, -0.2) is 13.8 Å². The Morgan fingerprint density at radius 2 is 2.03 bits per heavy atom. The first-order valence-electron chi connectivity index (χ1n) is 9.98. The van der Waals surface area contributed by atoms with Gasteiger partial charge >= 0.3 is 0 Å². The lowest BCUT2D eigenvalue weighted by molar-refractivity contribution is -0.127. The Bertz CT molecular complexity index is 924. The molecule has 4 rings (SSSR count). The molecule has 7 heteroatoms. The van der Waals surface area contributed by atoms with Crippen LogP contribution in [0.3, 0.4) is 0 Å². The normalized spacial score (nSPS) is 19.3. The van der Waals surface area contributed by atoms with Crippen LogP contribution in [0, 0.1) is 17.6 Å². The lowest BCUT2D eigenvalue weighted by Crippen LogP contribution is -2.39. The molecule has 1 aromatic heterocycles. The zero-order valence-electron chi connectivity index (χ0n) is 16.3. The molecule has 2 aliphatic carbocycles. The first-order valence-corrected chi connectivity index (χ1v) is 9.98. The molecule has 1 aromatic carbocycles. The molecule has 0 unspecified atom stereocenters. The van der Waals surface area contributed by atoms with E-state index in [-0.39, 0.29) is 12.0 Å². The van der Waals surface area contributed by atoms with Crippen molar-refractivity contribution in [1.82, 2.24) is 10.3 Å². The van der Waals surface area contributed by atoms with Crippen molar-refractivity contribution in [3.63, 3.8) is 0 Å². The summed E-state index contributed by atoms with van der Waals surface area (Å²) in [4.78, 5) is 17.3. The number of hydrogen-bond donors (Lipinski definition) is 3. The molecule has 0 saturated heterocycles. The number of pyridine rings is 1. The van der Waals surface area contributed by atoms with Crippen LogP contribution in [-0.2, 0) is 15.9 Å². The van der Waals surface area contributed by atoms with Crippen LogP contribution in [0.2, 0.25) is 0 Å². The Kier molecular flexibility index (Phi) is 5.02. The van der Waals surface area contributed by atoms with E-state index >= 15 is 0 Å². The van der Waals surface area contributed by atoms with Crippen LogP contribution in [0.25, 0.3) is 0 Å². The minimum absolute atomic E-state index is 0.108. The van der Waals surface area contributed by atoms with Crippen molar-refractivity contribution >= 4 is 11.7 Å². The van der Waals surface area contributed by atoms with E-state index in [0.29, 0.717) is 6.07 Å². The molecule has 1 heterocycles. The van der Waals surface area contributed by atoms with Gasteiger partial charge in [0.15, 0.2) is 0 Å². The largest absolute Gasteiger partial charge is 0.385 e. The van der Waals surface area contributed by atoms with Crippen molar-refractivity contribution in [3.05, 3.63) is 59.3 Å². The van der Waals surface area contributed by atoms with Gasteiger partial charge in [0, 0.05) is 18.2 Å². The number of benzene rings is 1. The van der Waals surface area contributed by atoms with Gasteiger partial charge in [-0.2, -0.15) is 0 Å². The van der Waals surface area contributed by atoms with Crippen molar-refractivity contribution in [3.8, 4) is 0 Å². The van der Waals surface area contributed by atoms with Crippen LogP contribution in [0.15, 0.2) is 36.4 Å². The maximum absolute atomic E-state index is 14.0. The molecule has 154 valence electrons. The summed E-state index contributed by atoms with van der Waals surface area (Å²) in [5, 5.41) is 16.9. The van der Waals surface area contributed by atoms with Crippen LogP contribution >= 0.6 is 0 Å². The van der Waals surface area contributed by atoms with Gasteiger partial charge < -0.3 is 15.7 Å². The Balaban J connectivity index is 1.43. The zero-order valence-corrected chi connectivity index (χ0v) is 16.3. The summed E-state index contributed by atoms with van der Waals surface area (Å²) in [5.41, 5.74) is -1.63. The maximum Gasteiger partial charge on any atom is 0.223 e. The van der Waals surface area contributed by atoms with Crippen LogP contribution in [0.1, 0.15) is 50.3 Å². The van der Waals surface area contributed by atoms with Gasteiger partial charge in [-0.15, -0.1) is 0 Å². The number of carbonyl (C=O) groups is 1. The van der Waals surface area contributed by atoms with Gasteiger partial charge in [-0.05, 0) is 56.7 Å². The average molecular weight is 401 g/mol. The fourth-order valence-corrected chi connectivity index (χ4v) is 3.59. The standard InChI is InChI=1S/C22H25F2N3O2/c1-21(29,16-8-7-15(23)11-17(16)24)12-20(28)27-22(9-10-22)18-3-2-4-19(26-18)25-13-14-5-6-14/h2-4,7-8,11,14,29H,5-6,9-10,12-13H2,1H3,(H,25,26)(H,27,28)/t21-/m0/s1. The number of hydrogen-bond acceptors (Lipinski definition) is 4. The molecule has 5 nitrogen and oxygen atoms in total. The van der Waals surface area contributed by atoms with E-state index in [9.17, 15) is 18.7 Å². The van der Waals surface area contributed by atoms with Crippen molar-refractivity contribution in [2.75, 3.05) is 11.9 Å². The summed E-state index contributed by atoms with van der Waals surface area (Å²) < 4.78 is 27.2. The van der Waals surface area contributed by atoms with Crippen LogP contribution in [-0.4, -0.2) is 22.5 Å². The third kappa shape index (κ3) is 4.56. The first kappa shape index (κ1) is 19.8. The minimum atomic E-state index is -1.75. The van der Waals surface area contributed by atoms with Crippen molar-refractivity contribution in [2.45, 2.75) is 50.2 Å². The Labute approximate surface area is 168 Å². The Morgan fingerprint density at radius 1 is 1.28 bits per heavy atom. The minimum Gasteiger partial charge on any atom is -0.385 e. The second-order valence-corrected chi connectivity index (χ2v) is 8.44. The predicted molar refractivity (Wildman–Crippen MR) is 105 cm³/mol. The second kappa shape index (κ2) is 7.37. The summed E-state index contributed by atoms with van der Waals surface area (Å²) in [7, 11) is 0. The lowest BCUT2D eigenvalue weighted by atomic mass is 9.91. The van der Waals surface area contributed by atoms with Crippen molar-refractivity contribution in [2.24, 2.45) is 5.92 Å². The van der Waals surface area contributed by atoms with E-state index < -0.39 is 28.7 Å². The number of carbonyl (C=O) groups excluding carboxylic acids is 1. The molecule has 0 radical (unpaired) electrons. The summed E-state index contributed by atoms with van der Waals surface area (Å²) in [6.45, 7) is 2.26. The Morgan fingerprint density at radius 3 is 2.69 bits per heavy atom. The average Bonchev–Trinajstić information content (AvgIpc) is 3.56. The van der Waals surface area contributed by atoms with Crippen LogP contribution in [0.4, 0.5) is 14.6 Å². The van der Waals surface area contributed by atoms with Crippen molar-refractivity contribution in [1.29, 1.82) is 0 Å². The SMILES string of the molecule is C[C@](O)(CC(=O)NC1(c2cccc(NCC3CC3)n2)CC1)c1ccc(F)cc1F. The van der Waals surface area contributed by atoms with Gasteiger partial charge in [-0.1, -0.05) is 12.1 Å². The van der Waals surface area contributed by atoms with Gasteiger partial charge in [-0.3, -0.25) is 4.79 Å². The van der Waals surface area contributed by atoms with E-state index in [1.165, 1.54) is 25.8 Å². The first-order chi connectivity index (χ1) is 13.8. The molecule has 1 amide bonds. The number of aromatic nitrogens is 1. The number of halogens is 2. The highest BCUT2D eigenvalue weighted by molar-refractivity contribution is 5.78. The second-order valence-electron chi connectivity index (χ2n) is 8.44. The quantitative estimate of drug-likeness (QED) is 0.632. The number of amides is 1. The van der Waals surface area contributed by atoms with Gasteiger partial charge in [0.25, 0.3) is 0 Å². The molecule has 3 N–H and O–H groups in total. The highest BCUT2D eigenvalue weighted by Crippen LogP contribution is 2.45. The summed E-state index contributed by atoms with van der Waals surface area (Å²) in [6.07, 6.45) is 3.68. The number of rotatable bonds is 8. The molecule has 1 atom stereocenters. The molecule has 0 bridgehead atoms. The van der Waals surface area contributed by atoms with E-state index in [1.54, 1.807) is 0 Å². The van der Waals surface area contributed by atoms with E-state index in [0.717, 1.165) is 42.9 Å². The molecule has 2 aliphatic rings. The number of aliphatic hydroxyl groups is 1. The van der Waals surface area contributed by atoms with Gasteiger partial charge in [0.2, 0.25) is 5.91 Å². The monoisotopic (exact) mass is 401 g/mol. The Hall–Kier alpha value is -2.54. The third-order valence-corrected chi connectivity index (χ3v) is 5.65. The molecular formula is C22H25F2N3O2. The fraction of sp³-hybridized carbons (Fsp3) is 0.455. The molecule has 0 spiro atoms. The highest BCUT2D eigenvalue weighted by Gasteiger charge is 2.47. The zero-order chi connectivity index (χ0) is 20.6. The van der Waals surface area contributed by atoms with E-state index in [2.05, 4.69) is 15.6 Å².